The van der Waals surface area contributed by atoms with Crippen molar-refractivity contribution in [2.24, 2.45) is 11.3 Å². The largest absolute Gasteiger partial charge is 0.465 e. The summed E-state index contributed by atoms with van der Waals surface area (Å²) in [6.07, 6.45) is 5.05. The van der Waals surface area contributed by atoms with E-state index in [9.17, 15) is 4.79 Å². The molecule has 0 radical (unpaired) electrons. The highest BCUT2D eigenvalue weighted by Crippen LogP contribution is 2.40. The summed E-state index contributed by atoms with van der Waals surface area (Å²) < 4.78 is 10.5. The molecule has 0 saturated heterocycles. The Labute approximate surface area is 130 Å². The van der Waals surface area contributed by atoms with Crippen molar-refractivity contribution in [2.45, 2.75) is 65.3 Å². The molecule has 0 heterocycles. The van der Waals surface area contributed by atoms with Gasteiger partial charge in [0.1, 0.15) is 5.54 Å². The fourth-order valence-corrected chi connectivity index (χ4v) is 3.32. The molecule has 2 atom stereocenters. The lowest BCUT2D eigenvalue weighted by molar-refractivity contribution is -0.152. The van der Waals surface area contributed by atoms with Crippen LogP contribution in [0.2, 0.25) is 0 Å². The summed E-state index contributed by atoms with van der Waals surface area (Å²) in [5.74, 6) is 0.577. The summed E-state index contributed by atoms with van der Waals surface area (Å²) in [4.78, 5) is 12.5. The molecule has 0 amide bonds. The van der Waals surface area contributed by atoms with E-state index >= 15 is 0 Å². The molecule has 0 aromatic heterocycles. The van der Waals surface area contributed by atoms with Crippen molar-refractivity contribution in [3.8, 4) is 0 Å². The second kappa shape index (κ2) is 8.14. The van der Waals surface area contributed by atoms with E-state index in [0.29, 0.717) is 31.1 Å². The van der Waals surface area contributed by atoms with Crippen LogP contribution in [-0.4, -0.2) is 38.4 Å². The Kier molecular flexibility index (Phi) is 7.14. The first-order chi connectivity index (χ1) is 9.85. The zero-order valence-corrected chi connectivity index (χ0v) is 14.5. The summed E-state index contributed by atoms with van der Waals surface area (Å²) in [7, 11) is 1.68. The summed E-state index contributed by atoms with van der Waals surface area (Å²) >= 11 is 0. The van der Waals surface area contributed by atoms with Crippen LogP contribution in [0, 0.1) is 11.3 Å². The van der Waals surface area contributed by atoms with Crippen molar-refractivity contribution in [1.82, 2.24) is 5.32 Å². The third-order valence-corrected chi connectivity index (χ3v) is 4.74. The standard InChI is InChI=1S/C17H33NO3/c1-6-21-15(19)17(18-12-13-20-5)10-7-8-14(9-11-17)16(2,3)4/h14,18H,6-13H2,1-5H3. The first kappa shape index (κ1) is 18.4. The van der Waals surface area contributed by atoms with Crippen molar-refractivity contribution in [3.63, 3.8) is 0 Å². The number of ether oxygens (including phenoxy) is 2. The molecule has 4 nitrogen and oxygen atoms in total. The van der Waals surface area contributed by atoms with Gasteiger partial charge in [0.05, 0.1) is 13.2 Å². The van der Waals surface area contributed by atoms with Crippen LogP contribution in [0.5, 0.6) is 0 Å². The molecule has 21 heavy (non-hydrogen) atoms. The monoisotopic (exact) mass is 299 g/mol. The fourth-order valence-electron chi connectivity index (χ4n) is 3.32. The van der Waals surface area contributed by atoms with Crippen LogP contribution < -0.4 is 5.32 Å². The van der Waals surface area contributed by atoms with Gasteiger partial charge in [0.25, 0.3) is 0 Å². The average molecular weight is 299 g/mol. The molecule has 0 aromatic carbocycles. The van der Waals surface area contributed by atoms with Crippen molar-refractivity contribution < 1.29 is 14.3 Å². The van der Waals surface area contributed by atoms with Crippen molar-refractivity contribution >= 4 is 5.97 Å². The maximum Gasteiger partial charge on any atom is 0.326 e. The van der Waals surface area contributed by atoms with Gasteiger partial charge in [-0.1, -0.05) is 27.2 Å². The highest BCUT2D eigenvalue weighted by molar-refractivity contribution is 5.81. The van der Waals surface area contributed by atoms with E-state index in [2.05, 4.69) is 26.1 Å². The second-order valence-corrected chi connectivity index (χ2v) is 7.22. The van der Waals surface area contributed by atoms with E-state index in [4.69, 9.17) is 9.47 Å². The zero-order valence-electron chi connectivity index (χ0n) is 14.5. The van der Waals surface area contributed by atoms with Crippen LogP contribution in [0.15, 0.2) is 0 Å². The molecule has 1 aliphatic carbocycles. The maximum absolute atomic E-state index is 12.5. The number of esters is 1. The number of nitrogens with one attached hydrogen (secondary N) is 1. The van der Waals surface area contributed by atoms with Crippen molar-refractivity contribution in [2.75, 3.05) is 26.9 Å². The molecule has 1 N–H and O–H groups in total. The first-order valence-electron chi connectivity index (χ1n) is 8.27. The third-order valence-electron chi connectivity index (χ3n) is 4.74. The van der Waals surface area contributed by atoms with Gasteiger partial charge in [-0.3, -0.25) is 10.1 Å². The molecule has 1 rings (SSSR count). The quantitative estimate of drug-likeness (QED) is 0.465. The van der Waals surface area contributed by atoms with Crippen LogP contribution in [0.25, 0.3) is 0 Å². The zero-order chi connectivity index (χ0) is 15.9. The van der Waals surface area contributed by atoms with Gasteiger partial charge < -0.3 is 9.47 Å². The van der Waals surface area contributed by atoms with Crippen LogP contribution in [-0.2, 0) is 14.3 Å². The maximum atomic E-state index is 12.5. The smallest absolute Gasteiger partial charge is 0.326 e. The van der Waals surface area contributed by atoms with Crippen LogP contribution in [0.1, 0.15) is 59.8 Å². The highest BCUT2D eigenvalue weighted by Gasteiger charge is 2.42. The van der Waals surface area contributed by atoms with E-state index in [1.165, 1.54) is 6.42 Å². The molecular weight excluding hydrogens is 266 g/mol. The average Bonchev–Trinajstić information content (AvgIpc) is 2.62. The molecule has 124 valence electrons. The van der Waals surface area contributed by atoms with Gasteiger partial charge in [0.2, 0.25) is 0 Å². The van der Waals surface area contributed by atoms with Gasteiger partial charge in [-0.15, -0.1) is 0 Å². The Morgan fingerprint density at radius 3 is 2.57 bits per heavy atom. The summed E-state index contributed by atoms with van der Waals surface area (Å²) in [5.41, 5.74) is -0.216. The molecule has 0 aromatic rings. The Morgan fingerprint density at radius 1 is 1.29 bits per heavy atom. The first-order valence-corrected chi connectivity index (χ1v) is 8.27. The minimum atomic E-state index is -0.519. The van der Waals surface area contributed by atoms with Crippen molar-refractivity contribution in [3.05, 3.63) is 0 Å². The van der Waals surface area contributed by atoms with Crippen LogP contribution in [0.4, 0.5) is 0 Å². The number of carbonyl (C=O) groups is 1. The van der Waals surface area contributed by atoms with Gasteiger partial charge in [0.15, 0.2) is 0 Å². The van der Waals surface area contributed by atoms with E-state index < -0.39 is 5.54 Å². The number of hydrogen-bond donors (Lipinski definition) is 1. The molecule has 1 saturated carbocycles. The fraction of sp³-hybridized carbons (Fsp3) is 0.941. The third kappa shape index (κ3) is 5.26. The lowest BCUT2D eigenvalue weighted by Gasteiger charge is -2.33. The van der Waals surface area contributed by atoms with E-state index in [1.807, 2.05) is 6.92 Å². The molecule has 0 aliphatic heterocycles. The van der Waals surface area contributed by atoms with Crippen LogP contribution >= 0.6 is 0 Å². The Balaban J connectivity index is 2.79. The lowest BCUT2D eigenvalue weighted by Crippen LogP contribution is -2.53. The van der Waals surface area contributed by atoms with Gasteiger partial charge in [-0.25, -0.2) is 0 Å². The molecule has 2 unspecified atom stereocenters. The van der Waals surface area contributed by atoms with Gasteiger partial charge in [-0.05, 0) is 43.9 Å². The predicted octanol–water partition coefficient (Wildman–Crippen LogP) is 3.15. The Hall–Kier alpha value is -0.610. The summed E-state index contributed by atoms with van der Waals surface area (Å²) in [5, 5.41) is 3.43. The molecular formula is C17H33NO3. The van der Waals surface area contributed by atoms with E-state index in [0.717, 1.165) is 25.7 Å². The summed E-state index contributed by atoms with van der Waals surface area (Å²) in [6, 6.07) is 0. The normalized spacial score (nSPS) is 27.2. The van der Waals surface area contributed by atoms with E-state index in [1.54, 1.807) is 7.11 Å². The Bertz CT molecular complexity index is 324. The highest BCUT2D eigenvalue weighted by atomic mass is 16.5. The van der Waals surface area contributed by atoms with Gasteiger partial charge >= 0.3 is 5.97 Å². The van der Waals surface area contributed by atoms with Crippen LogP contribution in [0.3, 0.4) is 0 Å². The van der Waals surface area contributed by atoms with Gasteiger partial charge in [0, 0.05) is 13.7 Å². The molecule has 1 fully saturated rings. The minimum Gasteiger partial charge on any atom is -0.465 e. The molecule has 0 bridgehead atoms. The SMILES string of the molecule is CCOC(=O)C1(NCCOC)CCCC(C(C)(C)C)CC1. The number of carbonyl (C=O) groups excluding carboxylic acids is 1. The Morgan fingerprint density at radius 2 is 2.00 bits per heavy atom. The number of hydrogen-bond acceptors (Lipinski definition) is 4. The topological polar surface area (TPSA) is 47.6 Å². The van der Waals surface area contributed by atoms with Gasteiger partial charge in [-0.2, -0.15) is 0 Å². The second-order valence-electron chi connectivity index (χ2n) is 7.22. The number of rotatable bonds is 6. The predicted molar refractivity (Wildman–Crippen MR) is 85.3 cm³/mol. The molecule has 1 aliphatic rings. The molecule has 4 heteroatoms. The lowest BCUT2D eigenvalue weighted by atomic mass is 9.76. The minimum absolute atomic E-state index is 0.0873. The van der Waals surface area contributed by atoms with E-state index in [-0.39, 0.29) is 5.97 Å². The van der Waals surface area contributed by atoms with Crippen molar-refractivity contribution in [1.29, 1.82) is 0 Å². The number of methoxy groups -OCH3 is 1. The summed E-state index contributed by atoms with van der Waals surface area (Å²) in [6.45, 7) is 10.5. The molecule has 0 spiro atoms.